The molecule has 1 rings (SSSR count). The van der Waals surface area contributed by atoms with Crippen LogP contribution in [0, 0.1) is 17.8 Å². The smallest absolute Gasteiger partial charge is 0.171 e. The molecule has 0 nitrogen and oxygen atoms in total. The van der Waals surface area contributed by atoms with Crippen LogP contribution in [0.2, 0.25) is 0 Å². The van der Waals surface area contributed by atoms with Crippen molar-refractivity contribution in [3.63, 3.8) is 0 Å². The topological polar surface area (TPSA) is 0 Å². The Hall–Kier alpha value is -0.420. The van der Waals surface area contributed by atoms with Gasteiger partial charge in [0.2, 0.25) is 0 Å². The van der Waals surface area contributed by atoms with Gasteiger partial charge in [-0.25, -0.2) is 0 Å². The molecule has 90 valence electrons. The summed E-state index contributed by atoms with van der Waals surface area (Å²) in [6, 6.07) is 0. The van der Waals surface area contributed by atoms with Crippen molar-refractivity contribution < 1.29 is 26.3 Å². The Morgan fingerprint density at radius 2 is 1.40 bits per heavy atom. The third-order valence-electron chi connectivity index (χ3n) is 3.05. The summed E-state index contributed by atoms with van der Waals surface area (Å²) in [7, 11) is 0. The lowest BCUT2D eigenvalue weighted by Gasteiger charge is -2.35. The zero-order valence-corrected chi connectivity index (χ0v) is 8.12. The minimum Gasteiger partial charge on any atom is -0.171 e. The number of alkyl halides is 6. The average Bonchev–Trinajstić information content (AvgIpc) is 1.99. The number of hydrogen-bond acceptors (Lipinski definition) is 0. The van der Waals surface area contributed by atoms with Crippen LogP contribution in [-0.2, 0) is 0 Å². The van der Waals surface area contributed by atoms with Gasteiger partial charge in [0, 0.05) is 0 Å². The zero-order chi connectivity index (χ0) is 11.9. The minimum absolute atomic E-state index is 0.405. The van der Waals surface area contributed by atoms with Gasteiger partial charge in [-0.05, 0) is 25.2 Å². The first-order valence-corrected chi connectivity index (χ1v) is 4.75. The van der Waals surface area contributed by atoms with Gasteiger partial charge in [0.05, 0.1) is 11.8 Å². The molecular formula is C9H12F6. The predicted molar refractivity (Wildman–Crippen MR) is 42.1 cm³/mol. The summed E-state index contributed by atoms with van der Waals surface area (Å²) in [6.45, 7) is 1.25. The highest BCUT2D eigenvalue weighted by atomic mass is 19.4. The second-order valence-electron chi connectivity index (χ2n) is 4.18. The van der Waals surface area contributed by atoms with Gasteiger partial charge >= 0.3 is 12.4 Å². The van der Waals surface area contributed by atoms with E-state index in [0.717, 1.165) is 0 Å². The molecule has 0 spiro atoms. The molecule has 1 aliphatic carbocycles. The first-order valence-electron chi connectivity index (χ1n) is 4.75. The van der Waals surface area contributed by atoms with Gasteiger partial charge < -0.3 is 0 Å². The molecule has 2 unspecified atom stereocenters. The van der Waals surface area contributed by atoms with E-state index in [0.29, 0.717) is 0 Å². The van der Waals surface area contributed by atoms with E-state index >= 15 is 0 Å². The SMILES string of the molecule is C[C@H]1CC(C(F)(F)F)CCC1C(F)(F)F. The molecule has 0 bridgehead atoms. The molecule has 0 radical (unpaired) electrons. The standard InChI is InChI=1S/C9H12F6/c1-5-4-6(8(10,11)12)2-3-7(5)9(13,14)15/h5-7H,2-4H2,1H3/t5-,6?,7?/m0/s1. The maximum Gasteiger partial charge on any atom is 0.392 e. The molecule has 3 atom stereocenters. The van der Waals surface area contributed by atoms with Crippen LogP contribution in [0.15, 0.2) is 0 Å². The Balaban J connectivity index is 2.64. The molecule has 0 aromatic heterocycles. The van der Waals surface area contributed by atoms with Crippen LogP contribution in [0.5, 0.6) is 0 Å². The van der Waals surface area contributed by atoms with Gasteiger partial charge in [-0.2, -0.15) is 26.3 Å². The molecule has 0 aromatic rings. The summed E-state index contributed by atoms with van der Waals surface area (Å²) >= 11 is 0. The van der Waals surface area contributed by atoms with E-state index in [9.17, 15) is 26.3 Å². The van der Waals surface area contributed by atoms with E-state index in [1.54, 1.807) is 0 Å². The highest BCUT2D eigenvalue weighted by Gasteiger charge is 2.50. The van der Waals surface area contributed by atoms with Crippen molar-refractivity contribution in [1.82, 2.24) is 0 Å². The Bertz CT molecular complexity index is 216. The molecule has 0 heterocycles. The van der Waals surface area contributed by atoms with Crippen LogP contribution in [0.25, 0.3) is 0 Å². The van der Waals surface area contributed by atoms with Gasteiger partial charge in [-0.15, -0.1) is 0 Å². The average molecular weight is 234 g/mol. The van der Waals surface area contributed by atoms with Crippen LogP contribution < -0.4 is 0 Å². The van der Waals surface area contributed by atoms with Crippen molar-refractivity contribution in [2.24, 2.45) is 17.8 Å². The van der Waals surface area contributed by atoms with Gasteiger partial charge in [0.25, 0.3) is 0 Å². The van der Waals surface area contributed by atoms with Crippen molar-refractivity contribution in [2.45, 2.75) is 38.5 Å². The van der Waals surface area contributed by atoms with Gasteiger partial charge in [-0.3, -0.25) is 0 Å². The molecule has 0 amide bonds. The lowest BCUT2D eigenvalue weighted by Crippen LogP contribution is -2.38. The summed E-state index contributed by atoms with van der Waals surface area (Å²) < 4.78 is 73.8. The van der Waals surface area contributed by atoms with Crippen molar-refractivity contribution in [1.29, 1.82) is 0 Å². The van der Waals surface area contributed by atoms with Crippen molar-refractivity contribution >= 4 is 0 Å². The second-order valence-corrected chi connectivity index (χ2v) is 4.18. The fraction of sp³-hybridized carbons (Fsp3) is 1.00. The van der Waals surface area contributed by atoms with Gasteiger partial charge in [0.15, 0.2) is 0 Å². The normalized spacial score (nSPS) is 34.2. The van der Waals surface area contributed by atoms with Crippen LogP contribution >= 0.6 is 0 Å². The fourth-order valence-corrected chi connectivity index (χ4v) is 2.18. The van der Waals surface area contributed by atoms with Crippen LogP contribution in [0.4, 0.5) is 26.3 Å². The van der Waals surface area contributed by atoms with E-state index in [4.69, 9.17) is 0 Å². The minimum atomic E-state index is -4.37. The molecule has 6 heteroatoms. The first-order chi connectivity index (χ1) is 6.62. The number of hydrogen-bond donors (Lipinski definition) is 0. The Labute approximate surface area is 83.6 Å². The maximum absolute atomic E-state index is 12.3. The number of rotatable bonds is 0. The lowest BCUT2D eigenvalue weighted by atomic mass is 9.74. The highest BCUT2D eigenvalue weighted by Crippen LogP contribution is 2.47. The first kappa shape index (κ1) is 12.6. The van der Waals surface area contributed by atoms with Crippen molar-refractivity contribution in [3.05, 3.63) is 0 Å². The van der Waals surface area contributed by atoms with Crippen LogP contribution in [-0.4, -0.2) is 12.4 Å². The third kappa shape index (κ3) is 3.01. The molecule has 1 aliphatic rings. The summed E-state index contributed by atoms with van der Waals surface area (Å²) in [5, 5.41) is 0. The molecule has 1 fully saturated rings. The molecule has 15 heavy (non-hydrogen) atoms. The molecule has 0 N–H and O–H groups in total. The Kier molecular flexibility index (Phi) is 3.26. The molecule has 0 aromatic carbocycles. The van der Waals surface area contributed by atoms with Crippen molar-refractivity contribution in [2.75, 3.05) is 0 Å². The van der Waals surface area contributed by atoms with E-state index < -0.39 is 49.4 Å². The fourth-order valence-electron chi connectivity index (χ4n) is 2.18. The van der Waals surface area contributed by atoms with Crippen LogP contribution in [0.1, 0.15) is 26.2 Å². The summed E-state index contributed by atoms with van der Waals surface area (Å²) in [5.74, 6) is -4.08. The second kappa shape index (κ2) is 3.87. The zero-order valence-electron chi connectivity index (χ0n) is 8.12. The van der Waals surface area contributed by atoms with E-state index in [1.165, 1.54) is 6.92 Å². The monoisotopic (exact) mass is 234 g/mol. The third-order valence-corrected chi connectivity index (χ3v) is 3.05. The quantitative estimate of drug-likeness (QED) is 0.552. The maximum atomic E-state index is 12.3. The van der Waals surface area contributed by atoms with E-state index in [-0.39, 0.29) is 0 Å². The molecular weight excluding hydrogens is 222 g/mol. The lowest BCUT2D eigenvalue weighted by molar-refractivity contribution is -0.225. The molecule has 0 saturated heterocycles. The Morgan fingerprint density at radius 1 is 0.867 bits per heavy atom. The molecule has 0 aliphatic heterocycles. The van der Waals surface area contributed by atoms with E-state index in [1.807, 2.05) is 0 Å². The van der Waals surface area contributed by atoms with Crippen molar-refractivity contribution in [3.8, 4) is 0 Å². The molecule has 1 saturated carbocycles. The predicted octanol–water partition coefficient (Wildman–Crippen LogP) is 4.16. The number of halogens is 6. The summed E-state index contributed by atoms with van der Waals surface area (Å²) in [6.07, 6.45) is -9.94. The Morgan fingerprint density at radius 3 is 1.73 bits per heavy atom. The summed E-state index contributed by atoms with van der Waals surface area (Å²) in [5.41, 5.74) is 0. The van der Waals surface area contributed by atoms with Gasteiger partial charge in [0.1, 0.15) is 0 Å². The van der Waals surface area contributed by atoms with E-state index in [2.05, 4.69) is 0 Å². The summed E-state index contributed by atoms with van der Waals surface area (Å²) in [4.78, 5) is 0. The van der Waals surface area contributed by atoms with Gasteiger partial charge in [-0.1, -0.05) is 6.92 Å². The van der Waals surface area contributed by atoms with Crippen LogP contribution in [0.3, 0.4) is 0 Å². The highest BCUT2D eigenvalue weighted by molar-refractivity contribution is 4.84. The largest absolute Gasteiger partial charge is 0.392 e.